The highest BCUT2D eigenvalue weighted by atomic mass is 16.5. The van der Waals surface area contributed by atoms with E-state index in [-0.39, 0.29) is 24.5 Å². The molecule has 1 aromatic heterocycles. The zero-order valence-corrected chi connectivity index (χ0v) is 12.5. The van der Waals surface area contributed by atoms with E-state index < -0.39 is 0 Å². The third kappa shape index (κ3) is 4.01. The number of rotatable bonds is 5. The number of aromatic nitrogens is 1. The molecule has 0 spiro atoms. The number of hydrogen-bond acceptors (Lipinski definition) is 4. The molecule has 2 rings (SSSR count). The Morgan fingerprint density at radius 3 is 3.05 bits per heavy atom. The van der Waals surface area contributed by atoms with E-state index in [0.717, 1.165) is 30.6 Å². The van der Waals surface area contributed by atoms with Gasteiger partial charge in [0.1, 0.15) is 6.61 Å². The molecule has 21 heavy (non-hydrogen) atoms. The average molecular weight is 291 g/mol. The van der Waals surface area contributed by atoms with Gasteiger partial charge >= 0.3 is 0 Å². The molecule has 1 atom stereocenters. The van der Waals surface area contributed by atoms with E-state index in [0.29, 0.717) is 6.54 Å². The second-order valence-corrected chi connectivity index (χ2v) is 5.17. The maximum absolute atomic E-state index is 12.1. The SMILES string of the molecule is COCC(=O)N1CCCC1c1ccnc(CNC(C)=O)c1. The highest BCUT2D eigenvalue weighted by molar-refractivity contribution is 5.78. The minimum Gasteiger partial charge on any atom is -0.375 e. The second kappa shape index (κ2) is 7.17. The molecule has 2 amide bonds. The Hall–Kier alpha value is -1.95. The monoisotopic (exact) mass is 291 g/mol. The van der Waals surface area contributed by atoms with Crippen molar-refractivity contribution in [2.24, 2.45) is 0 Å². The zero-order valence-electron chi connectivity index (χ0n) is 12.5. The van der Waals surface area contributed by atoms with Crippen LogP contribution in [0.2, 0.25) is 0 Å². The summed E-state index contributed by atoms with van der Waals surface area (Å²) >= 11 is 0. The van der Waals surface area contributed by atoms with E-state index in [9.17, 15) is 9.59 Å². The third-order valence-corrected chi connectivity index (χ3v) is 3.58. The van der Waals surface area contributed by atoms with Gasteiger partial charge < -0.3 is 15.0 Å². The second-order valence-electron chi connectivity index (χ2n) is 5.17. The Labute approximate surface area is 124 Å². The fourth-order valence-electron chi connectivity index (χ4n) is 2.63. The third-order valence-electron chi connectivity index (χ3n) is 3.58. The van der Waals surface area contributed by atoms with Crippen molar-refractivity contribution in [2.75, 3.05) is 20.3 Å². The quantitative estimate of drug-likeness (QED) is 0.879. The Morgan fingerprint density at radius 1 is 1.52 bits per heavy atom. The molecule has 0 radical (unpaired) electrons. The summed E-state index contributed by atoms with van der Waals surface area (Å²) in [7, 11) is 1.53. The molecular formula is C15H21N3O3. The van der Waals surface area contributed by atoms with Crippen LogP contribution >= 0.6 is 0 Å². The van der Waals surface area contributed by atoms with Gasteiger partial charge in [-0.15, -0.1) is 0 Å². The summed E-state index contributed by atoms with van der Waals surface area (Å²) in [5.74, 6) is -0.0693. The number of amides is 2. The Morgan fingerprint density at radius 2 is 2.33 bits per heavy atom. The van der Waals surface area contributed by atoms with Gasteiger partial charge in [0.25, 0.3) is 0 Å². The van der Waals surface area contributed by atoms with Gasteiger partial charge in [-0.3, -0.25) is 14.6 Å². The molecule has 0 aliphatic carbocycles. The summed E-state index contributed by atoms with van der Waals surface area (Å²) in [5.41, 5.74) is 1.86. The molecule has 1 aromatic rings. The number of nitrogens with zero attached hydrogens (tertiary/aromatic N) is 2. The number of ether oxygens (including phenoxy) is 1. The fourth-order valence-corrected chi connectivity index (χ4v) is 2.63. The number of likely N-dealkylation sites (tertiary alicyclic amines) is 1. The van der Waals surface area contributed by atoms with Gasteiger partial charge in [0, 0.05) is 26.8 Å². The molecular weight excluding hydrogens is 270 g/mol. The van der Waals surface area contributed by atoms with E-state index in [1.807, 2.05) is 17.0 Å². The number of pyridine rings is 1. The lowest BCUT2D eigenvalue weighted by molar-refractivity contribution is -0.136. The van der Waals surface area contributed by atoms with Gasteiger partial charge in [-0.2, -0.15) is 0 Å². The summed E-state index contributed by atoms with van der Waals surface area (Å²) in [5, 5.41) is 2.73. The molecule has 1 aliphatic heterocycles. The van der Waals surface area contributed by atoms with E-state index >= 15 is 0 Å². The largest absolute Gasteiger partial charge is 0.375 e. The van der Waals surface area contributed by atoms with Crippen LogP contribution in [0.25, 0.3) is 0 Å². The molecule has 1 aliphatic rings. The maximum atomic E-state index is 12.1. The standard InChI is InChI=1S/C15H21N3O3/c1-11(19)17-9-13-8-12(5-6-16-13)14-4-3-7-18(14)15(20)10-21-2/h5-6,8,14H,3-4,7,9-10H2,1-2H3,(H,17,19). The molecule has 6 nitrogen and oxygen atoms in total. The summed E-state index contributed by atoms with van der Waals surface area (Å²) in [6.07, 6.45) is 3.66. The highest BCUT2D eigenvalue weighted by Crippen LogP contribution is 2.31. The highest BCUT2D eigenvalue weighted by Gasteiger charge is 2.29. The van der Waals surface area contributed by atoms with E-state index in [1.165, 1.54) is 14.0 Å². The van der Waals surface area contributed by atoms with Crippen LogP contribution in [0.15, 0.2) is 18.3 Å². The van der Waals surface area contributed by atoms with Crippen molar-refractivity contribution in [2.45, 2.75) is 32.4 Å². The Balaban J connectivity index is 2.11. The molecule has 1 saturated heterocycles. The van der Waals surface area contributed by atoms with Gasteiger partial charge in [0.15, 0.2) is 0 Å². The van der Waals surface area contributed by atoms with Crippen LogP contribution in [-0.4, -0.2) is 42.0 Å². The van der Waals surface area contributed by atoms with Crippen molar-refractivity contribution < 1.29 is 14.3 Å². The molecule has 1 unspecified atom stereocenters. The van der Waals surface area contributed by atoms with Crippen molar-refractivity contribution in [1.29, 1.82) is 0 Å². The maximum Gasteiger partial charge on any atom is 0.249 e. The lowest BCUT2D eigenvalue weighted by Gasteiger charge is -2.25. The Kier molecular flexibility index (Phi) is 5.27. The average Bonchev–Trinajstić information content (AvgIpc) is 2.95. The number of hydrogen-bond donors (Lipinski definition) is 1. The summed E-state index contributed by atoms with van der Waals surface area (Å²) in [6.45, 7) is 2.75. The first kappa shape index (κ1) is 15.4. The first-order chi connectivity index (χ1) is 10.1. The van der Waals surface area contributed by atoms with Gasteiger partial charge in [-0.1, -0.05) is 0 Å². The van der Waals surface area contributed by atoms with Crippen LogP contribution in [0.5, 0.6) is 0 Å². The van der Waals surface area contributed by atoms with E-state index in [1.54, 1.807) is 6.20 Å². The predicted octanol–water partition coefficient (Wildman–Crippen LogP) is 1.03. The fraction of sp³-hybridized carbons (Fsp3) is 0.533. The molecule has 1 fully saturated rings. The molecule has 114 valence electrons. The summed E-state index contributed by atoms with van der Waals surface area (Å²) in [4.78, 5) is 29.1. The van der Waals surface area contributed by atoms with Crippen LogP contribution in [0.4, 0.5) is 0 Å². The van der Waals surface area contributed by atoms with E-state index in [4.69, 9.17) is 4.74 Å². The number of nitrogens with one attached hydrogen (secondary N) is 1. The van der Waals surface area contributed by atoms with Gasteiger partial charge in [-0.05, 0) is 30.5 Å². The smallest absolute Gasteiger partial charge is 0.249 e. The first-order valence-electron chi connectivity index (χ1n) is 7.09. The van der Waals surface area contributed by atoms with Crippen molar-refractivity contribution >= 4 is 11.8 Å². The molecule has 0 bridgehead atoms. The molecule has 0 saturated carbocycles. The van der Waals surface area contributed by atoms with Gasteiger partial charge in [-0.25, -0.2) is 0 Å². The Bertz CT molecular complexity index is 519. The number of carbonyl (C=O) groups is 2. The van der Waals surface area contributed by atoms with Crippen molar-refractivity contribution in [3.63, 3.8) is 0 Å². The molecule has 1 N–H and O–H groups in total. The van der Waals surface area contributed by atoms with Gasteiger partial charge in [0.2, 0.25) is 11.8 Å². The lowest BCUT2D eigenvalue weighted by atomic mass is 10.0. The van der Waals surface area contributed by atoms with Gasteiger partial charge in [0.05, 0.1) is 18.3 Å². The van der Waals surface area contributed by atoms with Crippen LogP contribution in [0, 0.1) is 0 Å². The predicted molar refractivity (Wildman–Crippen MR) is 77.3 cm³/mol. The minimum absolute atomic E-state index is 0.0141. The number of carbonyl (C=O) groups excluding carboxylic acids is 2. The van der Waals surface area contributed by atoms with Crippen LogP contribution in [-0.2, 0) is 20.9 Å². The van der Waals surface area contributed by atoms with Crippen molar-refractivity contribution in [1.82, 2.24) is 15.2 Å². The van der Waals surface area contributed by atoms with Crippen LogP contribution < -0.4 is 5.32 Å². The van der Waals surface area contributed by atoms with Crippen LogP contribution in [0.1, 0.15) is 37.1 Å². The molecule has 2 heterocycles. The first-order valence-corrected chi connectivity index (χ1v) is 7.09. The summed E-state index contributed by atoms with van der Waals surface area (Å²) < 4.78 is 4.94. The topological polar surface area (TPSA) is 71.5 Å². The van der Waals surface area contributed by atoms with Crippen LogP contribution in [0.3, 0.4) is 0 Å². The number of methoxy groups -OCH3 is 1. The molecule has 6 heteroatoms. The minimum atomic E-state index is -0.0834. The lowest BCUT2D eigenvalue weighted by Crippen LogP contribution is -2.33. The zero-order chi connectivity index (χ0) is 15.2. The molecule has 0 aromatic carbocycles. The van der Waals surface area contributed by atoms with Crippen molar-refractivity contribution in [3.05, 3.63) is 29.6 Å². The summed E-state index contributed by atoms with van der Waals surface area (Å²) in [6, 6.07) is 3.96. The van der Waals surface area contributed by atoms with Crippen molar-refractivity contribution in [3.8, 4) is 0 Å². The van der Waals surface area contributed by atoms with E-state index in [2.05, 4.69) is 10.3 Å². The normalized spacial score (nSPS) is 17.8.